The molecule has 3 aromatic rings. The molecule has 0 atom stereocenters. The van der Waals surface area contributed by atoms with E-state index >= 15 is 4.39 Å². The number of aliphatic carboxylic acids is 1. The average molecular weight is 553 g/mol. The van der Waals surface area contributed by atoms with Gasteiger partial charge in [0, 0.05) is 39.5 Å². The molecule has 3 rings (SSSR count). The number of aromatic nitrogens is 1. The van der Waals surface area contributed by atoms with E-state index in [2.05, 4.69) is 15.0 Å². The van der Waals surface area contributed by atoms with Crippen molar-refractivity contribution in [2.45, 2.75) is 13.5 Å². The van der Waals surface area contributed by atoms with E-state index < -0.39 is 40.7 Å². The van der Waals surface area contributed by atoms with Crippen LogP contribution in [-0.2, 0) is 20.9 Å². The summed E-state index contributed by atoms with van der Waals surface area (Å²) in [7, 11) is 1.05. The molecule has 0 saturated heterocycles. The lowest BCUT2D eigenvalue weighted by Crippen LogP contribution is -2.13. The van der Waals surface area contributed by atoms with Crippen LogP contribution in [0.5, 0.6) is 0 Å². The van der Waals surface area contributed by atoms with Gasteiger partial charge in [-0.3, -0.25) is 10.1 Å². The van der Waals surface area contributed by atoms with Crippen molar-refractivity contribution < 1.29 is 37.3 Å². The Hall–Kier alpha value is -3.35. The van der Waals surface area contributed by atoms with Gasteiger partial charge in [-0.15, -0.1) is 11.3 Å². The number of rotatable bonds is 12. The first kappa shape index (κ1) is 28.2. The number of benzene rings is 2. The first-order valence-corrected chi connectivity index (χ1v) is 13.0. The van der Waals surface area contributed by atoms with Crippen molar-refractivity contribution in [3.63, 3.8) is 0 Å². The van der Waals surface area contributed by atoms with Gasteiger partial charge in [0.2, 0.25) is 5.76 Å². The molecule has 0 unspecified atom stereocenters. The summed E-state index contributed by atoms with van der Waals surface area (Å²) in [5.74, 6) is -4.05. The second-order valence-corrected chi connectivity index (χ2v) is 9.64. The van der Waals surface area contributed by atoms with E-state index in [-0.39, 0.29) is 28.6 Å². The number of anilines is 1. The Kier molecular flexibility index (Phi) is 10.1. The van der Waals surface area contributed by atoms with E-state index in [0.29, 0.717) is 18.2 Å². The molecule has 0 radical (unpaired) electrons. The Morgan fingerprint density at radius 3 is 2.59 bits per heavy atom. The topological polar surface area (TPSA) is 97.8 Å². The number of halogens is 3. The molecule has 0 aliphatic carbocycles. The smallest absolute Gasteiger partial charge is 0.371 e. The van der Waals surface area contributed by atoms with Gasteiger partial charge in [0.05, 0.1) is 26.0 Å². The van der Waals surface area contributed by atoms with Crippen LogP contribution in [0.25, 0.3) is 17.3 Å². The Morgan fingerprint density at radius 2 is 1.95 bits per heavy atom. The van der Waals surface area contributed by atoms with Gasteiger partial charge in [0.1, 0.15) is 17.5 Å². The van der Waals surface area contributed by atoms with E-state index in [1.807, 2.05) is 6.92 Å². The summed E-state index contributed by atoms with van der Waals surface area (Å²) in [6, 6.07) is 6.37. The third-order valence-corrected chi connectivity index (χ3v) is 6.58. The van der Waals surface area contributed by atoms with Crippen molar-refractivity contribution in [1.82, 2.24) is 4.98 Å². The summed E-state index contributed by atoms with van der Waals surface area (Å²) in [6.07, 6.45) is 0.680. The van der Waals surface area contributed by atoms with Crippen LogP contribution in [0.3, 0.4) is 0 Å². The van der Waals surface area contributed by atoms with E-state index in [0.717, 1.165) is 42.1 Å². The number of carboxylic acid groups (broad SMARTS) is 1. The zero-order valence-electron chi connectivity index (χ0n) is 19.8. The molecule has 0 aliphatic rings. The summed E-state index contributed by atoms with van der Waals surface area (Å²) in [5.41, 5.74) is -0.154. The van der Waals surface area contributed by atoms with E-state index in [9.17, 15) is 18.4 Å². The molecular formula is C25H23F3N2O5S2. The zero-order chi connectivity index (χ0) is 26.9. The van der Waals surface area contributed by atoms with Crippen molar-refractivity contribution in [3.05, 3.63) is 75.6 Å². The highest BCUT2D eigenvalue weighted by Gasteiger charge is 2.19. The number of amides is 1. The van der Waals surface area contributed by atoms with Crippen LogP contribution in [0.15, 0.2) is 41.5 Å². The molecule has 2 N–H and O–H groups in total. The van der Waals surface area contributed by atoms with E-state index in [1.54, 1.807) is 35.3 Å². The zero-order valence-corrected chi connectivity index (χ0v) is 21.5. The van der Waals surface area contributed by atoms with Crippen LogP contribution in [0.2, 0.25) is 0 Å². The SMILES string of the molecule is CCSCCOCc1cccc(-c2csc(NC(=O)c3cc(F)c(/C=C(/OC)C(=O)O)c(F)c3)n2)c1F. The van der Waals surface area contributed by atoms with Crippen LogP contribution >= 0.6 is 23.1 Å². The van der Waals surface area contributed by atoms with Gasteiger partial charge in [0.25, 0.3) is 5.91 Å². The fourth-order valence-corrected chi connectivity index (χ4v) is 4.38. The molecule has 1 heterocycles. The molecule has 1 amide bonds. The number of ether oxygens (including phenoxy) is 2. The second kappa shape index (κ2) is 13.3. The average Bonchev–Trinajstić information content (AvgIpc) is 3.32. The largest absolute Gasteiger partial charge is 0.490 e. The predicted octanol–water partition coefficient (Wildman–Crippen LogP) is 5.82. The van der Waals surface area contributed by atoms with Crippen LogP contribution in [-0.4, -0.2) is 47.2 Å². The quantitative estimate of drug-likeness (QED) is 0.166. The third kappa shape index (κ3) is 7.34. The van der Waals surface area contributed by atoms with Gasteiger partial charge in [0.15, 0.2) is 5.13 Å². The van der Waals surface area contributed by atoms with E-state index in [4.69, 9.17) is 9.84 Å². The van der Waals surface area contributed by atoms with Gasteiger partial charge in [-0.25, -0.2) is 22.9 Å². The minimum absolute atomic E-state index is 0.0926. The number of carboxylic acids is 1. The minimum Gasteiger partial charge on any atom is -0.490 e. The number of hydrogen-bond donors (Lipinski definition) is 2. The van der Waals surface area contributed by atoms with Crippen LogP contribution in [0.1, 0.15) is 28.4 Å². The normalized spacial score (nSPS) is 11.4. The molecular weight excluding hydrogens is 529 g/mol. The molecule has 1 aromatic heterocycles. The molecule has 0 saturated carbocycles. The Morgan fingerprint density at radius 1 is 1.22 bits per heavy atom. The maximum Gasteiger partial charge on any atom is 0.371 e. The number of hydrogen-bond acceptors (Lipinski definition) is 7. The summed E-state index contributed by atoms with van der Waals surface area (Å²) in [4.78, 5) is 27.8. The highest BCUT2D eigenvalue weighted by molar-refractivity contribution is 7.99. The first-order valence-electron chi connectivity index (χ1n) is 10.9. The van der Waals surface area contributed by atoms with Crippen molar-refractivity contribution in [2.75, 3.05) is 30.5 Å². The lowest BCUT2D eigenvalue weighted by atomic mass is 10.1. The fourth-order valence-electron chi connectivity index (χ4n) is 3.15. The van der Waals surface area contributed by atoms with Gasteiger partial charge >= 0.3 is 5.97 Å². The summed E-state index contributed by atoms with van der Waals surface area (Å²) in [6.45, 7) is 2.66. The number of carbonyl (C=O) groups is 2. The molecule has 2 aromatic carbocycles. The van der Waals surface area contributed by atoms with Crippen molar-refractivity contribution in [3.8, 4) is 11.3 Å². The molecule has 0 bridgehead atoms. The summed E-state index contributed by atoms with van der Waals surface area (Å²) < 4.78 is 54.0. The second-order valence-electron chi connectivity index (χ2n) is 7.39. The van der Waals surface area contributed by atoms with Crippen molar-refractivity contribution >= 4 is 46.2 Å². The third-order valence-electron chi connectivity index (χ3n) is 4.96. The molecule has 196 valence electrons. The van der Waals surface area contributed by atoms with Gasteiger partial charge in [-0.2, -0.15) is 11.8 Å². The predicted molar refractivity (Wildman–Crippen MR) is 137 cm³/mol. The molecule has 0 aliphatic heterocycles. The lowest BCUT2D eigenvalue weighted by molar-refractivity contribution is -0.135. The Balaban J connectivity index is 1.74. The Labute approximate surface area is 219 Å². The van der Waals surface area contributed by atoms with Crippen molar-refractivity contribution in [2.24, 2.45) is 0 Å². The molecule has 7 nitrogen and oxygen atoms in total. The number of nitrogens with one attached hydrogen (secondary N) is 1. The monoisotopic (exact) mass is 552 g/mol. The van der Waals surface area contributed by atoms with Gasteiger partial charge in [-0.1, -0.05) is 19.1 Å². The number of nitrogens with zero attached hydrogens (tertiary/aromatic N) is 1. The number of carbonyl (C=O) groups excluding carboxylic acids is 1. The molecule has 12 heteroatoms. The fraction of sp³-hybridized carbons (Fsp3) is 0.240. The number of methoxy groups -OCH3 is 1. The Bertz CT molecular complexity index is 1290. The number of thiazole rings is 1. The van der Waals surface area contributed by atoms with Crippen LogP contribution in [0.4, 0.5) is 18.3 Å². The lowest BCUT2D eigenvalue weighted by Gasteiger charge is -2.08. The van der Waals surface area contributed by atoms with Gasteiger partial charge in [-0.05, 0) is 24.0 Å². The first-order chi connectivity index (χ1) is 17.7. The molecule has 0 fully saturated rings. The highest BCUT2D eigenvalue weighted by Crippen LogP contribution is 2.29. The van der Waals surface area contributed by atoms with E-state index in [1.165, 1.54) is 0 Å². The maximum atomic E-state index is 15.0. The van der Waals surface area contributed by atoms with Gasteiger partial charge < -0.3 is 14.6 Å². The van der Waals surface area contributed by atoms with Crippen LogP contribution in [0, 0.1) is 17.5 Å². The minimum atomic E-state index is -1.51. The molecule has 37 heavy (non-hydrogen) atoms. The highest BCUT2D eigenvalue weighted by atomic mass is 32.2. The maximum absolute atomic E-state index is 15.0. The standard InChI is InChI=1S/C25H23F3N2O5S2/c1-3-36-8-7-35-12-14-5-4-6-16(22(14)28)20-13-37-25(29-20)30-23(31)15-9-18(26)17(19(27)10-15)11-21(34-2)24(32)33/h4-6,9-11,13H,3,7-8,12H2,1-2H3,(H,32,33)(H,29,30,31)/b21-11+. The number of thioether (sulfide) groups is 1. The summed E-state index contributed by atoms with van der Waals surface area (Å²) in [5, 5.41) is 13.0. The molecule has 0 spiro atoms. The summed E-state index contributed by atoms with van der Waals surface area (Å²) >= 11 is 2.74. The van der Waals surface area contributed by atoms with Crippen molar-refractivity contribution in [1.29, 1.82) is 0 Å². The van der Waals surface area contributed by atoms with Crippen LogP contribution < -0.4 is 5.32 Å².